The molecule has 1 rings (SSSR count). The summed E-state index contributed by atoms with van der Waals surface area (Å²) in [5.41, 5.74) is 2.03. The first-order valence-corrected chi connectivity index (χ1v) is 11.8. The molecular formula is C21H36O2Si. The Balaban J connectivity index is 3.13. The van der Waals surface area contributed by atoms with Crippen LogP contribution in [0.5, 0.6) is 0 Å². The largest absolute Gasteiger partial charge is 0.410 e. The predicted molar refractivity (Wildman–Crippen MR) is 108 cm³/mol. The lowest BCUT2D eigenvalue weighted by atomic mass is 9.88. The van der Waals surface area contributed by atoms with Crippen molar-refractivity contribution in [2.45, 2.75) is 78.8 Å². The predicted octanol–water partition coefficient (Wildman–Crippen LogP) is 6.19. The molecule has 2 unspecified atom stereocenters. The van der Waals surface area contributed by atoms with Gasteiger partial charge in [0.15, 0.2) is 8.32 Å². The molecule has 0 aromatic heterocycles. The molecule has 0 spiro atoms. The Kier molecular flexibility index (Phi) is 6.65. The summed E-state index contributed by atoms with van der Waals surface area (Å²) in [6.07, 6.45) is 3.84. The van der Waals surface area contributed by atoms with Gasteiger partial charge in [-0.15, -0.1) is 0 Å². The van der Waals surface area contributed by atoms with Crippen molar-refractivity contribution >= 4 is 14.4 Å². The average molecular weight is 349 g/mol. The van der Waals surface area contributed by atoms with Crippen molar-refractivity contribution < 1.29 is 9.53 Å². The van der Waals surface area contributed by atoms with Crippen LogP contribution in [0, 0.1) is 5.41 Å². The molecule has 3 heteroatoms. The smallest absolute Gasteiger partial charge is 0.192 e. The third-order valence-corrected chi connectivity index (χ3v) is 9.43. The first-order valence-electron chi connectivity index (χ1n) is 8.89. The summed E-state index contributed by atoms with van der Waals surface area (Å²) >= 11 is 0. The van der Waals surface area contributed by atoms with Crippen LogP contribution in [0.25, 0.3) is 6.08 Å². The minimum absolute atomic E-state index is 0.0196. The normalized spacial score (nSPS) is 16.4. The van der Waals surface area contributed by atoms with E-state index in [2.05, 4.69) is 66.8 Å². The number of rotatable bonds is 5. The van der Waals surface area contributed by atoms with E-state index < -0.39 is 14.4 Å². The van der Waals surface area contributed by atoms with Crippen LogP contribution in [-0.2, 0) is 4.43 Å². The molecule has 0 aliphatic carbocycles. The zero-order valence-corrected chi connectivity index (χ0v) is 18.0. The van der Waals surface area contributed by atoms with Gasteiger partial charge in [-0.25, -0.2) is 0 Å². The molecule has 2 atom stereocenters. The summed E-state index contributed by atoms with van der Waals surface area (Å²) in [7, 11) is -1.85. The lowest BCUT2D eigenvalue weighted by Gasteiger charge is -2.42. The molecule has 0 amide bonds. The minimum Gasteiger partial charge on any atom is -0.410 e. The van der Waals surface area contributed by atoms with Crippen molar-refractivity contribution in [1.82, 2.24) is 0 Å². The van der Waals surface area contributed by atoms with E-state index in [0.717, 1.165) is 11.1 Å². The van der Waals surface area contributed by atoms with Gasteiger partial charge in [-0.1, -0.05) is 78.0 Å². The zero-order chi connectivity index (χ0) is 18.8. The first kappa shape index (κ1) is 21.1. The minimum atomic E-state index is -1.85. The van der Waals surface area contributed by atoms with Crippen molar-refractivity contribution in [3.8, 4) is 0 Å². The fourth-order valence-corrected chi connectivity index (χ4v) is 3.65. The van der Waals surface area contributed by atoms with E-state index in [1.165, 1.54) is 0 Å². The van der Waals surface area contributed by atoms with Crippen LogP contribution in [0.2, 0.25) is 18.1 Å². The van der Waals surface area contributed by atoms with Crippen molar-refractivity contribution in [2.75, 3.05) is 0 Å². The Bertz CT molecular complexity index is 560. The molecule has 0 bridgehead atoms. The van der Waals surface area contributed by atoms with E-state index in [-0.39, 0.29) is 16.6 Å². The summed E-state index contributed by atoms with van der Waals surface area (Å²) < 4.78 is 6.68. The van der Waals surface area contributed by atoms with Gasteiger partial charge in [0.25, 0.3) is 0 Å². The molecule has 24 heavy (non-hydrogen) atoms. The first-order chi connectivity index (χ1) is 10.8. The number of benzene rings is 1. The highest BCUT2D eigenvalue weighted by atomic mass is 28.4. The van der Waals surface area contributed by atoms with Gasteiger partial charge in [0.2, 0.25) is 0 Å². The number of aliphatic hydroxyl groups is 1. The van der Waals surface area contributed by atoms with E-state index in [0.29, 0.717) is 0 Å². The molecule has 0 saturated heterocycles. The van der Waals surface area contributed by atoms with Crippen molar-refractivity contribution in [1.29, 1.82) is 0 Å². The van der Waals surface area contributed by atoms with Crippen LogP contribution in [0.1, 0.15) is 65.7 Å². The number of hydrogen-bond donors (Lipinski definition) is 1. The van der Waals surface area contributed by atoms with Gasteiger partial charge >= 0.3 is 0 Å². The molecule has 0 saturated carbocycles. The monoisotopic (exact) mass is 348 g/mol. The second-order valence-corrected chi connectivity index (χ2v) is 14.1. The summed E-state index contributed by atoms with van der Waals surface area (Å²) in [4.78, 5) is 0. The van der Waals surface area contributed by atoms with E-state index in [1.54, 1.807) is 6.92 Å². The van der Waals surface area contributed by atoms with Gasteiger partial charge in [-0.3, -0.25) is 0 Å². The van der Waals surface area contributed by atoms with Gasteiger partial charge in [0, 0.05) is 0 Å². The number of hydrogen-bond acceptors (Lipinski definition) is 2. The van der Waals surface area contributed by atoms with Gasteiger partial charge in [-0.2, -0.15) is 0 Å². The molecule has 0 aliphatic heterocycles. The molecule has 0 heterocycles. The van der Waals surface area contributed by atoms with E-state index >= 15 is 0 Å². The Hall–Kier alpha value is -0.903. The van der Waals surface area contributed by atoms with Crippen LogP contribution in [-0.4, -0.2) is 19.5 Å². The quantitative estimate of drug-likeness (QED) is 0.643. The maximum atomic E-state index is 9.96. The fraction of sp³-hybridized carbons (Fsp3) is 0.619. The summed E-state index contributed by atoms with van der Waals surface area (Å²) in [5.74, 6) is 0. The van der Waals surface area contributed by atoms with E-state index in [9.17, 15) is 5.11 Å². The van der Waals surface area contributed by atoms with E-state index in [4.69, 9.17) is 4.43 Å². The Morgan fingerprint density at radius 2 is 1.58 bits per heavy atom. The molecule has 2 nitrogen and oxygen atoms in total. The maximum Gasteiger partial charge on any atom is 0.192 e. The molecule has 1 aromatic rings. The average Bonchev–Trinajstić information content (AvgIpc) is 2.41. The lowest BCUT2D eigenvalue weighted by Crippen LogP contribution is -2.46. The highest BCUT2D eigenvalue weighted by molar-refractivity contribution is 6.74. The molecule has 0 aliphatic rings. The van der Waals surface area contributed by atoms with Crippen molar-refractivity contribution in [3.05, 3.63) is 41.5 Å². The molecule has 136 valence electrons. The highest BCUT2D eigenvalue weighted by Gasteiger charge is 2.40. The Morgan fingerprint density at radius 1 is 1.04 bits per heavy atom. The molecule has 0 fully saturated rings. The highest BCUT2D eigenvalue weighted by Crippen LogP contribution is 2.40. The summed E-state index contributed by atoms with van der Waals surface area (Å²) in [6.45, 7) is 19.9. The Morgan fingerprint density at radius 3 is 2.04 bits per heavy atom. The van der Waals surface area contributed by atoms with Crippen LogP contribution >= 0.6 is 0 Å². The number of aliphatic hydroxyl groups excluding tert-OH is 1. The van der Waals surface area contributed by atoms with Crippen LogP contribution in [0.3, 0.4) is 0 Å². The van der Waals surface area contributed by atoms with Crippen molar-refractivity contribution in [2.24, 2.45) is 5.41 Å². The van der Waals surface area contributed by atoms with Gasteiger partial charge < -0.3 is 9.53 Å². The van der Waals surface area contributed by atoms with Crippen LogP contribution in [0.4, 0.5) is 0 Å². The van der Waals surface area contributed by atoms with Crippen LogP contribution < -0.4 is 0 Å². The fourth-order valence-electron chi connectivity index (χ4n) is 2.23. The third-order valence-electron chi connectivity index (χ3n) is 4.98. The van der Waals surface area contributed by atoms with Gasteiger partial charge in [-0.05, 0) is 41.6 Å². The second-order valence-electron chi connectivity index (χ2n) is 9.33. The van der Waals surface area contributed by atoms with Gasteiger partial charge in [0.1, 0.15) is 0 Å². The molecule has 0 radical (unpaired) electrons. The SMILES string of the molecule is CC(O)c1ccccc1/C=C/C(O[Si](C)(C)C(C)(C)C)C(C)(C)C. The van der Waals surface area contributed by atoms with Gasteiger partial charge in [0.05, 0.1) is 12.2 Å². The second kappa shape index (κ2) is 7.55. The van der Waals surface area contributed by atoms with Crippen LogP contribution in [0.15, 0.2) is 30.3 Å². The zero-order valence-electron chi connectivity index (χ0n) is 17.0. The maximum absolute atomic E-state index is 9.96. The topological polar surface area (TPSA) is 29.5 Å². The molecule has 1 aromatic carbocycles. The Labute approximate surface area is 150 Å². The van der Waals surface area contributed by atoms with Crippen molar-refractivity contribution in [3.63, 3.8) is 0 Å². The molecular weight excluding hydrogens is 312 g/mol. The van der Waals surface area contributed by atoms with E-state index in [1.807, 2.05) is 24.3 Å². The third kappa shape index (κ3) is 5.57. The summed E-state index contributed by atoms with van der Waals surface area (Å²) in [5, 5.41) is 10.1. The molecule has 1 N–H and O–H groups in total. The standard InChI is InChI=1S/C21H36O2Si/c1-16(22)18-13-11-10-12-17(18)14-15-19(20(2,3)4)23-24(8,9)21(5,6)7/h10-16,19,22H,1-9H3/b15-14+. The summed E-state index contributed by atoms with van der Waals surface area (Å²) in [6, 6.07) is 7.99. The lowest BCUT2D eigenvalue weighted by molar-refractivity contribution is 0.114.